The van der Waals surface area contributed by atoms with Crippen molar-refractivity contribution in [3.63, 3.8) is 0 Å². The zero-order chi connectivity index (χ0) is 23.2. The standard InChI is InChI=1S/C26H28ClN5O/c1-4-6-18-8-10-19(11-9-18)29-25-20-12-13-22(24-21(27)7-5-14-28-24)30-26(20)32-23(31-25)16-33-15-17(2)3/h5,7-14,17H,4,6,15-16H2,1-3H3,(H,29,30,31,32). The van der Waals surface area contributed by atoms with Crippen LogP contribution >= 0.6 is 11.6 Å². The van der Waals surface area contributed by atoms with Gasteiger partial charge in [-0.25, -0.2) is 15.0 Å². The SMILES string of the molecule is CCCc1ccc(Nc2nc(COCC(C)C)nc3nc(-c4ncccc4Cl)ccc23)cc1. The predicted molar refractivity (Wildman–Crippen MR) is 134 cm³/mol. The van der Waals surface area contributed by atoms with E-state index in [2.05, 4.69) is 60.3 Å². The van der Waals surface area contributed by atoms with Gasteiger partial charge in [-0.15, -0.1) is 0 Å². The molecule has 0 aliphatic heterocycles. The number of fused-ring (bicyclic) bond motifs is 1. The lowest BCUT2D eigenvalue weighted by molar-refractivity contribution is 0.0925. The van der Waals surface area contributed by atoms with E-state index in [0.717, 1.165) is 23.9 Å². The van der Waals surface area contributed by atoms with Crippen LogP contribution in [0.5, 0.6) is 0 Å². The van der Waals surface area contributed by atoms with Crippen molar-refractivity contribution in [3.05, 3.63) is 71.1 Å². The molecule has 4 rings (SSSR count). The number of halogens is 1. The summed E-state index contributed by atoms with van der Waals surface area (Å²) in [4.78, 5) is 18.6. The molecule has 6 nitrogen and oxygen atoms in total. The number of pyridine rings is 2. The van der Waals surface area contributed by atoms with Gasteiger partial charge in [0, 0.05) is 18.5 Å². The molecule has 4 aromatic rings. The molecule has 0 amide bonds. The lowest BCUT2D eigenvalue weighted by Gasteiger charge is -2.13. The number of hydrogen-bond acceptors (Lipinski definition) is 6. The van der Waals surface area contributed by atoms with Crippen LogP contribution in [0, 0.1) is 5.92 Å². The fraction of sp³-hybridized carbons (Fsp3) is 0.308. The summed E-state index contributed by atoms with van der Waals surface area (Å²) in [5.41, 5.74) is 4.13. The van der Waals surface area contributed by atoms with E-state index in [0.29, 0.717) is 52.8 Å². The minimum atomic E-state index is 0.314. The summed E-state index contributed by atoms with van der Waals surface area (Å²) in [5.74, 6) is 1.70. The van der Waals surface area contributed by atoms with E-state index in [-0.39, 0.29) is 0 Å². The average Bonchev–Trinajstić information content (AvgIpc) is 2.80. The predicted octanol–water partition coefficient (Wildman–Crippen LogP) is 6.61. The third-order valence-corrected chi connectivity index (χ3v) is 5.35. The molecule has 0 atom stereocenters. The topological polar surface area (TPSA) is 72.8 Å². The quantitative estimate of drug-likeness (QED) is 0.302. The van der Waals surface area contributed by atoms with Gasteiger partial charge in [0.25, 0.3) is 0 Å². The van der Waals surface area contributed by atoms with Crippen LogP contribution < -0.4 is 5.32 Å². The summed E-state index contributed by atoms with van der Waals surface area (Å²) >= 11 is 6.35. The Morgan fingerprint density at radius 3 is 2.55 bits per heavy atom. The van der Waals surface area contributed by atoms with Gasteiger partial charge < -0.3 is 10.1 Å². The molecule has 0 aliphatic carbocycles. The lowest BCUT2D eigenvalue weighted by atomic mass is 10.1. The number of nitrogens with zero attached hydrogens (tertiary/aromatic N) is 4. The lowest BCUT2D eigenvalue weighted by Crippen LogP contribution is -2.07. The van der Waals surface area contributed by atoms with Crippen LogP contribution in [0.25, 0.3) is 22.4 Å². The molecular weight excluding hydrogens is 434 g/mol. The molecule has 0 unspecified atom stereocenters. The second-order valence-corrected chi connectivity index (χ2v) is 8.78. The minimum absolute atomic E-state index is 0.314. The van der Waals surface area contributed by atoms with Crippen LogP contribution in [0.2, 0.25) is 5.02 Å². The minimum Gasteiger partial charge on any atom is -0.373 e. The molecule has 3 heterocycles. The van der Waals surface area contributed by atoms with E-state index in [1.54, 1.807) is 18.3 Å². The Morgan fingerprint density at radius 2 is 1.82 bits per heavy atom. The molecule has 0 aliphatic rings. The van der Waals surface area contributed by atoms with E-state index < -0.39 is 0 Å². The van der Waals surface area contributed by atoms with E-state index in [1.165, 1.54) is 5.56 Å². The first-order chi connectivity index (χ1) is 16.0. The molecule has 7 heteroatoms. The average molecular weight is 462 g/mol. The Kier molecular flexibility index (Phi) is 7.47. The first-order valence-corrected chi connectivity index (χ1v) is 11.6. The van der Waals surface area contributed by atoms with Crippen LogP contribution in [-0.2, 0) is 17.8 Å². The summed E-state index contributed by atoms with van der Waals surface area (Å²) in [6, 6.07) is 15.9. The zero-order valence-corrected chi connectivity index (χ0v) is 19.9. The Hall–Kier alpha value is -3.09. The molecular formula is C26H28ClN5O. The van der Waals surface area contributed by atoms with Gasteiger partial charge in [0.2, 0.25) is 0 Å². The summed E-state index contributed by atoms with van der Waals surface area (Å²) in [6.07, 6.45) is 3.89. The van der Waals surface area contributed by atoms with Gasteiger partial charge in [-0.1, -0.05) is 50.9 Å². The number of hydrogen-bond donors (Lipinski definition) is 1. The molecule has 3 aromatic heterocycles. The maximum Gasteiger partial charge on any atom is 0.165 e. The van der Waals surface area contributed by atoms with Gasteiger partial charge in [-0.2, -0.15) is 0 Å². The van der Waals surface area contributed by atoms with Crippen molar-refractivity contribution in [2.75, 3.05) is 11.9 Å². The van der Waals surface area contributed by atoms with Crippen molar-refractivity contribution in [1.29, 1.82) is 0 Å². The van der Waals surface area contributed by atoms with Crippen LogP contribution in [0.15, 0.2) is 54.7 Å². The van der Waals surface area contributed by atoms with Crippen molar-refractivity contribution in [2.24, 2.45) is 5.92 Å². The van der Waals surface area contributed by atoms with Crippen LogP contribution in [0.4, 0.5) is 11.5 Å². The second kappa shape index (κ2) is 10.7. The van der Waals surface area contributed by atoms with Crippen molar-refractivity contribution in [3.8, 4) is 11.4 Å². The Balaban J connectivity index is 1.72. The summed E-state index contributed by atoms with van der Waals surface area (Å²) in [7, 11) is 0. The molecule has 0 saturated heterocycles. The van der Waals surface area contributed by atoms with Gasteiger partial charge in [-0.3, -0.25) is 4.98 Å². The highest BCUT2D eigenvalue weighted by atomic mass is 35.5. The molecule has 0 bridgehead atoms. The van der Waals surface area contributed by atoms with Gasteiger partial charge in [0.1, 0.15) is 18.1 Å². The number of aromatic nitrogens is 4. The largest absolute Gasteiger partial charge is 0.373 e. The number of anilines is 2. The maximum absolute atomic E-state index is 6.35. The van der Waals surface area contributed by atoms with Crippen LogP contribution in [-0.4, -0.2) is 26.5 Å². The maximum atomic E-state index is 6.35. The summed E-state index contributed by atoms with van der Waals surface area (Å²) in [5, 5.41) is 4.80. The number of ether oxygens (including phenoxy) is 1. The molecule has 0 saturated carbocycles. The highest BCUT2D eigenvalue weighted by Crippen LogP contribution is 2.28. The number of aryl methyl sites for hydroxylation is 1. The van der Waals surface area contributed by atoms with Crippen molar-refractivity contribution >= 4 is 34.1 Å². The van der Waals surface area contributed by atoms with E-state index in [1.807, 2.05) is 12.1 Å². The Labute approximate surface area is 199 Å². The Morgan fingerprint density at radius 1 is 1.00 bits per heavy atom. The third-order valence-electron chi connectivity index (χ3n) is 5.04. The van der Waals surface area contributed by atoms with Gasteiger partial charge in [-0.05, 0) is 54.3 Å². The molecule has 0 radical (unpaired) electrons. The second-order valence-electron chi connectivity index (χ2n) is 8.37. The number of nitrogens with one attached hydrogen (secondary N) is 1. The van der Waals surface area contributed by atoms with E-state index in [9.17, 15) is 0 Å². The highest BCUT2D eigenvalue weighted by molar-refractivity contribution is 6.32. The van der Waals surface area contributed by atoms with Gasteiger partial charge in [0.05, 0.1) is 16.1 Å². The van der Waals surface area contributed by atoms with Crippen molar-refractivity contribution in [2.45, 2.75) is 40.2 Å². The molecule has 0 fully saturated rings. The first kappa shape index (κ1) is 23.1. The fourth-order valence-electron chi connectivity index (χ4n) is 3.49. The van der Waals surface area contributed by atoms with Gasteiger partial charge >= 0.3 is 0 Å². The summed E-state index contributed by atoms with van der Waals surface area (Å²) < 4.78 is 5.80. The molecule has 0 spiro atoms. The highest BCUT2D eigenvalue weighted by Gasteiger charge is 2.13. The molecule has 170 valence electrons. The fourth-order valence-corrected chi connectivity index (χ4v) is 3.71. The van der Waals surface area contributed by atoms with Crippen LogP contribution in [0.3, 0.4) is 0 Å². The molecule has 33 heavy (non-hydrogen) atoms. The molecule has 1 aromatic carbocycles. The molecule has 1 N–H and O–H groups in total. The Bertz CT molecular complexity index is 1230. The number of rotatable bonds is 9. The van der Waals surface area contributed by atoms with E-state index in [4.69, 9.17) is 26.3 Å². The van der Waals surface area contributed by atoms with Crippen molar-refractivity contribution < 1.29 is 4.74 Å². The summed E-state index contributed by atoms with van der Waals surface area (Å²) in [6.45, 7) is 7.36. The monoisotopic (exact) mass is 461 g/mol. The smallest absolute Gasteiger partial charge is 0.165 e. The number of benzene rings is 1. The van der Waals surface area contributed by atoms with Gasteiger partial charge in [0.15, 0.2) is 11.5 Å². The van der Waals surface area contributed by atoms with Crippen LogP contribution in [0.1, 0.15) is 38.6 Å². The van der Waals surface area contributed by atoms with E-state index >= 15 is 0 Å². The zero-order valence-electron chi connectivity index (χ0n) is 19.2. The normalized spacial score (nSPS) is 11.3. The first-order valence-electron chi connectivity index (χ1n) is 11.3. The van der Waals surface area contributed by atoms with Crippen molar-refractivity contribution in [1.82, 2.24) is 19.9 Å². The third kappa shape index (κ3) is 5.83.